The largest absolute Gasteiger partial charge is 0.750 e. The Kier molecular flexibility index (Phi) is 12.7. The molecule has 0 N–H and O–H groups in total. The summed E-state index contributed by atoms with van der Waals surface area (Å²) in [5, 5.41) is 0. The Labute approximate surface area is 131 Å². The summed E-state index contributed by atoms with van der Waals surface area (Å²) in [5.74, 6) is 0. The van der Waals surface area contributed by atoms with Crippen molar-refractivity contribution >= 4 is 24.3 Å². The molecular formula is C7H8HgO8P3-. The van der Waals surface area contributed by atoms with Crippen LogP contribution >= 0.6 is 24.3 Å². The van der Waals surface area contributed by atoms with Gasteiger partial charge in [0.05, 0.1) is 0 Å². The zero-order valence-corrected chi connectivity index (χ0v) is 17.9. The minimum absolute atomic E-state index is 0. The number of benzene rings is 1. The molecule has 12 heteroatoms. The summed E-state index contributed by atoms with van der Waals surface area (Å²) in [6, 6.07) is 10.3. The van der Waals surface area contributed by atoms with E-state index < -0.39 is 24.3 Å². The molecule has 1 aromatic carbocycles. The van der Waals surface area contributed by atoms with Crippen molar-refractivity contribution in [2.75, 3.05) is 0 Å². The van der Waals surface area contributed by atoms with Gasteiger partial charge in [-0.1, -0.05) is 44.5 Å². The number of rotatable bonds is 4. The third-order valence-corrected chi connectivity index (χ3v) is 3.94. The molecule has 0 aliphatic rings. The van der Waals surface area contributed by atoms with E-state index in [1.54, 1.807) is 0 Å². The fraction of sp³-hybridized carbons (Fsp3) is 0.143. The Hall–Kier alpha value is 0.385. The molecule has 19 heavy (non-hydrogen) atoms. The van der Waals surface area contributed by atoms with Crippen molar-refractivity contribution in [2.45, 2.75) is 6.92 Å². The third kappa shape index (κ3) is 14.6. The van der Waals surface area contributed by atoms with E-state index in [2.05, 4.69) is 27.7 Å². The van der Waals surface area contributed by atoms with Crippen LogP contribution in [0, 0.1) is 6.92 Å². The molecular weight excluding hydrogens is 506 g/mol. The molecule has 0 radical (unpaired) electrons. The molecule has 2 atom stereocenters. The molecule has 0 aliphatic carbocycles. The molecule has 0 saturated carbocycles. The van der Waals surface area contributed by atoms with E-state index in [0.29, 0.717) is 0 Å². The number of hydrogen-bond donors (Lipinski definition) is 0. The summed E-state index contributed by atoms with van der Waals surface area (Å²) in [4.78, 5) is 29.2. The first-order valence-corrected chi connectivity index (χ1v) is 7.89. The van der Waals surface area contributed by atoms with Crippen LogP contribution in [0.5, 0.6) is 0 Å². The Morgan fingerprint density at radius 3 is 1.63 bits per heavy atom. The maximum atomic E-state index is 10.1. The normalized spacial score (nSPS) is 14.1. The summed E-state index contributed by atoms with van der Waals surface area (Å²) < 4.78 is 35.4. The van der Waals surface area contributed by atoms with Crippen molar-refractivity contribution in [3.63, 3.8) is 0 Å². The SMILES string of the molecule is Cc1ccccc1.O=[P+]([O-])OP(=O)([O-])O[P+](=O)[O-].[Hg]. The minimum atomic E-state index is -5.25. The van der Waals surface area contributed by atoms with Crippen molar-refractivity contribution < 1.29 is 64.7 Å². The first kappa shape index (κ1) is 21.7. The van der Waals surface area contributed by atoms with Gasteiger partial charge < -0.3 is 14.7 Å². The Bertz CT molecular complexity index is 433. The summed E-state index contributed by atoms with van der Waals surface area (Å²) >= 11 is 0. The molecule has 0 heterocycles. The van der Waals surface area contributed by atoms with Crippen LogP contribution in [-0.2, 0) is 50.0 Å². The fourth-order valence-electron chi connectivity index (χ4n) is 0.713. The zero-order chi connectivity index (χ0) is 14.2. The van der Waals surface area contributed by atoms with Crippen LogP contribution in [0.1, 0.15) is 5.56 Å². The number of aryl methyl sites for hydroxylation is 1. The monoisotopic (exact) mass is 515 g/mol. The first-order valence-electron chi connectivity index (χ1n) is 4.24. The van der Waals surface area contributed by atoms with E-state index in [1.165, 1.54) is 5.56 Å². The smallest absolute Gasteiger partial charge is 0.496 e. The average Bonchev–Trinajstić information content (AvgIpc) is 2.14. The van der Waals surface area contributed by atoms with Gasteiger partial charge in [-0.2, -0.15) is 0 Å². The van der Waals surface area contributed by atoms with Gasteiger partial charge in [-0.3, -0.25) is 4.57 Å². The summed E-state index contributed by atoms with van der Waals surface area (Å²) in [5.41, 5.74) is 1.32. The summed E-state index contributed by atoms with van der Waals surface area (Å²) in [6.45, 7) is 2.08. The molecule has 8 nitrogen and oxygen atoms in total. The average molecular weight is 514 g/mol. The van der Waals surface area contributed by atoms with E-state index in [9.17, 15) is 28.4 Å². The van der Waals surface area contributed by atoms with Crippen LogP contribution < -0.4 is 14.7 Å². The van der Waals surface area contributed by atoms with E-state index in [-0.39, 0.29) is 27.7 Å². The van der Waals surface area contributed by atoms with E-state index in [0.717, 1.165) is 0 Å². The molecule has 0 saturated heterocycles. The molecule has 0 aromatic heterocycles. The van der Waals surface area contributed by atoms with Crippen LogP contribution in [0.3, 0.4) is 0 Å². The third-order valence-electron chi connectivity index (χ3n) is 1.27. The second-order valence-corrected chi connectivity index (χ2v) is 5.81. The van der Waals surface area contributed by atoms with Crippen molar-refractivity contribution in [2.24, 2.45) is 0 Å². The van der Waals surface area contributed by atoms with Crippen LogP contribution in [0.15, 0.2) is 30.3 Å². The van der Waals surface area contributed by atoms with Gasteiger partial charge in [0.15, 0.2) is 0 Å². The van der Waals surface area contributed by atoms with Crippen LogP contribution in [0.25, 0.3) is 0 Å². The fourth-order valence-corrected chi connectivity index (χ4v) is 2.41. The van der Waals surface area contributed by atoms with Crippen molar-refractivity contribution in [3.8, 4) is 0 Å². The van der Waals surface area contributed by atoms with Gasteiger partial charge in [-0.25, -0.2) is 0 Å². The van der Waals surface area contributed by atoms with Gasteiger partial charge in [0.2, 0.25) is 0 Å². The summed E-state index contributed by atoms with van der Waals surface area (Å²) in [6.07, 6.45) is 0. The zero-order valence-electron chi connectivity index (χ0n) is 9.70. The molecule has 102 valence electrons. The second-order valence-electron chi connectivity index (χ2n) is 2.71. The molecule has 0 fully saturated rings. The quantitative estimate of drug-likeness (QED) is 0.419. The van der Waals surface area contributed by atoms with Crippen molar-refractivity contribution in [1.82, 2.24) is 0 Å². The molecule has 0 spiro atoms. The van der Waals surface area contributed by atoms with Crippen LogP contribution in [-0.4, -0.2) is 0 Å². The predicted molar refractivity (Wildman–Crippen MR) is 56.2 cm³/mol. The van der Waals surface area contributed by atoms with Gasteiger partial charge in [0, 0.05) is 27.7 Å². The summed E-state index contributed by atoms with van der Waals surface area (Å²) in [7, 11) is -12.6. The second kappa shape index (κ2) is 11.1. The topological polar surface area (TPSA) is 139 Å². The minimum Gasteiger partial charge on any atom is -0.750 e. The molecule has 0 bridgehead atoms. The first-order chi connectivity index (χ1) is 8.23. The Morgan fingerprint density at radius 1 is 1.05 bits per heavy atom. The maximum Gasteiger partial charge on any atom is 0.496 e. The van der Waals surface area contributed by atoms with Crippen LogP contribution in [0.4, 0.5) is 0 Å². The van der Waals surface area contributed by atoms with E-state index >= 15 is 0 Å². The molecule has 0 aliphatic heterocycles. The molecule has 1 rings (SSSR count). The van der Waals surface area contributed by atoms with Crippen molar-refractivity contribution in [3.05, 3.63) is 35.9 Å². The van der Waals surface area contributed by atoms with Gasteiger partial charge in [0.1, 0.15) is 0 Å². The molecule has 2 unspecified atom stereocenters. The van der Waals surface area contributed by atoms with E-state index in [4.69, 9.17) is 0 Å². The van der Waals surface area contributed by atoms with E-state index in [1.807, 2.05) is 18.2 Å². The van der Waals surface area contributed by atoms with Gasteiger partial charge >= 0.3 is 24.3 Å². The molecule has 1 aromatic rings. The number of hydrogen-bond acceptors (Lipinski definition) is 8. The van der Waals surface area contributed by atoms with Gasteiger partial charge in [-0.15, -0.1) is 0 Å². The Morgan fingerprint density at radius 2 is 1.42 bits per heavy atom. The number of phosphoric acid groups is 1. The van der Waals surface area contributed by atoms with Crippen molar-refractivity contribution in [1.29, 1.82) is 0 Å². The Balaban J connectivity index is 0. The van der Waals surface area contributed by atoms with Crippen LogP contribution in [0.2, 0.25) is 0 Å². The standard InChI is InChI=1S/C7H8.Hg.HO8P3/c1-7-5-3-2-4-6-7;;1-9(2)7-11(5,6)8-10(3)4/h2-6H,1H3;;(H,5,6)/p-1. The van der Waals surface area contributed by atoms with Gasteiger partial charge in [-0.05, 0) is 16.1 Å². The molecule has 0 amide bonds. The van der Waals surface area contributed by atoms with Gasteiger partial charge in [0.25, 0.3) is 0 Å². The predicted octanol–water partition coefficient (Wildman–Crippen LogP) is 0.516. The maximum absolute atomic E-state index is 10.1.